The van der Waals surface area contributed by atoms with E-state index >= 15 is 0 Å². The maximum atomic E-state index is 8.88. The Kier molecular flexibility index (Phi) is 3.99. The molecule has 3 N–H and O–H groups in total. The second-order valence-corrected chi connectivity index (χ2v) is 4.84. The zero-order valence-electron chi connectivity index (χ0n) is 9.27. The van der Waals surface area contributed by atoms with Gasteiger partial charge in [-0.05, 0) is 24.3 Å². The Bertz CT molecular complexity index is 478. The van der Waals surface area contributed by atoms with Gasteiger partial charge >= 0.3 is 0 Å². The minimum atomic E-state index is -0.265. The van der Waals surface area contributed by atoms with Crippen LogP contribution in [0.2, 0.25) is 0 Å². The second kappa shape index (κ2) is 5.49. The Morgan fingerprint density at radius 3 is 2.53 bits per heavy atom. The van der Waals surface area contributed by atoms with Crippen LogP contribution >= 0.6 is 15.9 Å². The summed E-state index contributed by atoms with van der Waals surface area (Å²) in [7, 11) is 0. The number of hydrogen-bond donors (Lipinski definition) is 2. The fourth-order valence-corrected chi connectivity index (χ4v) is 1.84. The lowest BCUT2D eigenvalue weighted by molar-refractivity contribution is 0.260. The summed E-state index contributed by atoms with van der Waals surface area (Å²) in [5, 5.41) is 8.88. The molecule has 0 aliphatic heterocycles. The van der Waals surface area contributed by atoms with Crippen molar-refractivity contribution in [1.82, 2.24) is 0 Å². The van der Waals surface area contributed by atoms with Crippen molar-refractivity contribution in [3.63, 3.8) is 0 Å². The summed E-state index contributed by atoms with van der Waals surface area (Å²) in [5.41, 5.74) is 6.68. The Morgan fingerprint density at radius 1 is 1.18 bits per heavy atom. The van der Waals surface area contributed by atoms with Crippen LogP contribution in [0.3, 0.4) is 0 Å². The molecule has 0 saturated heterocycles. The fraction of sp³-hybridized carbons (Fsp3) is 0.231. The second-order valence-electron chi connectivity index (χ2n) is 3.92. The molecular weight excluding hydrogens is 282 g/mol. The molecule has 1 aromatic heterocycles. The van der Waals surface area contributed by atoms with Gasteiger partial charge in [0.2, 0.25) is 0 Å². The van der Waals surface area contributed by atoms with E-state index in [4.69, 9.17) is 15.3 Å². The lowest BCUT2D eigenvalue weighted by atomic mass is 10.2. The first-order valence-corrected chi connectivity index (χ1v) is 6.19. The van der Waals surface area contributed by atoms with E-state index in [9.17, 15) is 0 Å². The number of furan rings is 1. The molecule has 3 nitrogen and oxygen atoms in total. The first kappa shape index (κ1) is 12.4. The zero-order chi connectivity index (χ0) is 12.3. The van der Waals surface area contributed by atoms with Gasteiger partial charge in [0.1, 0.15) is 11.5 Å². The predicted octanol–water partition coefficient (Wildman–Crippen LogP) is 2.57. The molecule has 4 heteroatoms. The molecule has 0 spiro atoms. The summed E-state index contributed by atoms with van der Waals surface area (Å²) < 4.78 is 6.71. The van der Waals surface area contributed by atoms with Crippen molar-refractivity contribution in [1.29, 1.82) is 0 Å². The van der Waals surface area contributed by atoms with Crippen molar-refractivity contribution in [3.8, 4) is 11.3 Å². The smallest absolute Gasteiger partial charge is 0.134 e. The van der Waals surface area contributed by atoms with Crippen LogP contribution in [-0.2, 0) is 6.42 Å². The third kappa shape index (κ3) is 3.19. The van der Waals surface area contributed by atoms with Crippen molar-refractivity contribution in [2.45, 2.75) is 12.5 Å². The molecule has 1 atom stereocenters. The first-order chi connectivity index (χ1) is 8.19. The highest BCUT2D eigenvalue weighted by molar-refractivity contribution is 9.10. The van der Waals surface area contributed by atoms with Crippen molar-refractivity contribution in [3.05, 3.63) is 46.6 Å². The molecule has 0 radical (unpaired) electrons. The summed E-state index contributed by atoms with van der Waals surface area (Å²) in [6.07, 6.45) is 0.549. The lowest BCUT2D eigenvalue weighted by Crippen LogP contribution is -2.26. The van der Waals surface area contributed by atoms with E-state index in [0.717, 1.165) is 21.6 Å². The first-order valence-electron chi connectivity index (χ1n) is 5.40. The largest absolute Gasteiger partial charge is 0.461 e. The topological polar surface area (TPSA) is 59.4 Å². The molecule has 1 unspecified atom stereocenters. The molecule has 0 aliphatic carbocycles. The van der Waals surface area contributed by atoms with Gasteiger partial charge < -0.3 is 15.3 Å². The Labute approximate surface area is 108 Å². The number of benzene rings is 1. The summed E-state index contributed by atoms with van der Waals surface area (Å²) >= 11 is 3.39. The standard InChI is InChI=1S/C13H14BrNO2/c14-10-3-1-9(2-4-10)13-6-5-12(17-13)7-11(15)8-16/h1-6,11,16H,7-8,15H2. The molecule has 1 heterocycles. The Hall–Kier alpha value is -1.10. The van der Waals surface area contributed by atoms with Crippen LogP contribution in [-0.4, -0.2) is 17.8 Å². The van der Waals surface area contributed by atoms with Crippen molar-refractivity contribution >= 4 is 15.9 Å². The van der Waals surface area contributed by atoms with Crippen LogP contribution in [0.1, 0.15) is 5.76 Å². The van der Waals surface area contributed by atoms with Crippen molar-refractivity contribution in [2.24, 2.45) is 5.73 Å². The third-order valence-corrected chi connectivity index (χ3v) is 3.02. The monoisotopic (exact) mass is 295 g/mol. The maximum Gasteiger partial charge on any atom is 0.134 e. The molecule has 0 saturated carbocycles. The van der Waals surface area contributed by atoms with Gasteiger partial charge in [-0.15, -0.1) is 0 Å². The molecule has 1 aromatic carbocycles. The normalized spacial score (nSPS) is 12.6. The fourth-order valence-electron chi connectivity index (χ4n) is 1.58. The molecule has 0 amide bonds. The van der Waals surface area contributed by atoms with E-state index < -0.39 is 0 Å². The van der Waals surface area contributed by atoms with Gasteiger partial charge in [-0.2, -0.15) is 0 Å². The Balaban J connectivity index is 2.15. The van der Waals surface area contributed by atoms with Crippen LogP contribution in [0.25, 0.3) is 11.3 Å². The van der Waals surface area contributed by atoms with E-state index in [1.54, 1.807) is 0 Å². The van der Waals surface area contributed by atoms with Gasteiger partial charge in [0.15, 0.2) is 0 Å². The minimum Gasteiger partial charge on any atom is -0.461 e. The van der Waals surface area contributed by atoms with E-state index in [-0.39, 0.29) is 12.6 Å². The van der Waals surface area contributed by atoms with Gasteiger partial charge in [0.05, 0.1) is 6.61 Å². The van der Waals surface area contributed by atoms with E-state index in [1.165, 1.54) is 0 Å². The maximum absolute atomic E-state index is 8.88. The number of hydrogen-bond acceptors (Lipinski definition) is 3. The van der Waals surface area contributed by atoms with Gasteiger partial charge in [0.25, 0.3) is 0 Å². The number of aliphatic hydroxyl groups excluding tert-OH is 1. The number of halogens is 1. The molecule has 0 bridgehead atoms. The molecule has 0 aliphatic rings. The number of nitrogens with two attached hydrogens (primary N) is 1. The Morgan fingerprint density at radius 2 is 1.88 bits per heavy atom. The van der Waals surface area contributed by atoms with Crippen LogP contribution < -0.4 is 5.73 Å². The zero-order valence-corrected chi connectivity index (χ0v) is 10.9. The van der Waals surface area contributed by atoms with E-state index in [2.05, 4.69) is 15.9 Å². The van der Waals surface area contributed by atoms with E-state index in [0.29, 0.717) is 6.42 Å². The van der Waals surface area contributed by atoms with Crippen LogP contribution in [0.4, 0.5) is 0 Å². The van der Waals surface area contributed by atoms with Crippen LogP contribution in [0.15, 0.2) is 45.3 Å². The van der Waals surface area contributed by atoms with Crippen molar-refractivity contribution in [2.75, 3.05) is 6.61 Å². The summed E-state index contributed by atoms with van der Waals surface area (Å²) in [6.45, 7) is -0.0334. The summed E-state index contributed by atoms with van der Waals surface area (Å²) in [4.78, 5) is 0. The molecule has 0 fully saturated rings. The highest BCUT2D eigenvalue weighted by Gasteiger charge is 2.08. The summed E-state index contributed by atoms with van der Waals surface area (Å²) in [5.74, 6) is 1.61. The van der Waals surface area contributed by atoms with Crippen molar-refractivity contribution < 1.29 is 9.52 Å². The lowest BCUT2D eigenvalue weighted by Gasteiger charge is -2.04. The highest BCUT2D eigenvalue weighted by Crippen LogP contribution is 2.24. The number of aliphatic hydroxyl groups is 1. The third-order valence-electron chi connectivity index (χ3n) is 2.49. The van der Waals surface area contributed by atoms with Gasteiger partial charge in [-0.25, -0.2) is 0 Å². The number of rotatable bonds is 4. The average Bonchev–Trinajstić information content (AvgIpc) is 2.78. The van der Waals surface area contributed by atoms with Gasteiger partial charge in [-0.1, -0.05) is 28.1 Å². The predicted molar refractivity (Wildman–Crippen MR) is 70.6 cm³/mol. The van der Waals surface area contributed by atoms with Crippen LogP contribution in [0.5, 0.6) is 0 Å². The minimum absolute atomic E-state index is 0.0334. The molecule has 2 rings (SSSR count). The SMILES string of the molecule is NC(CO)Cc1ccc(-c2ccc(Br)cc2)o1. The molecule has 90 valence electrons. The quantitative estimate of drug-likeness (QED) is 0.911. The van der Waals surface area contributed by atoms with Gasteiger partial charge in [0, 0.05) is 22.5 Å². The molecular formula is C13H14BrNO2. The summed E-state index contributed by atoms with van der Waals surface area (Å²) in [6, 6.07) is 11.5. The highest BCUT2D eigenvalue weighted by atomic mass is 79.9. The van der Waals surface area contributed by atoms with E-state index in [1.807, 2.05) is 36.4 Å². The molecule has 17 heavy (non-hydrogen) atoms. The van der Waals surface area contributed by atoms with Gasteiger partial charge in [-0.3, -0.25) is 0 Å². The van der Waals surface area contributed by atoms with Crippen LogP contribution in [0, 0.1) is 0 Å². The molecule has 2 aromatic rings. The average molecular weight is 296 g/mol.